The van der Waals surface area contributed by atoms with E-state index in [0.717, 1.165) is 10.4 Å². The number of sulfonamides is 1. The summed E-state index contributed by atoms with van der Waals surface area (Å²) in [6, 6.07) is 8.30. The molecule has 1 unspecified atom stereocenters. The van der Waals surface area contributed by atoms with E-state index in [1.807, 2.05) is 0 Å². The Hall–Kier alpha value is -2.32. The highest BCUT2D eigenvalue weighted by atomic mass is 32.2. The Bertz CT molecular complexity index is 897. The standard InChI is InChI=1S/C17H17F2NO4S/c1-11(15-8-7-13(18)10-16(15)19)24-17(21)12-5-4-6-14(9-12)25(22,23)20(2)3/h4-11H,1-3H3. The minimum Gasteiger partial charge on any atom is -0.454 e. The van der Waals surface area contributed by atoms with Crippen molar-refractivity contribution < 1.29 is 26.7 Å². The molecule has 2 aromatic rings. The number of carbonyl (C=O) groups excluding carboxylic acids is 1. The Morgan fingerprint density at radius 2 is 1.80 bits per heavy atom. The minimum atomic E-state index is -3.70. The molecule has 2 rings (SSSR count). The number of rotatable bonds is 5. The van der Waals surface area contributed by atoms with Crippen LogP contribution in [-0.4, -0.2) is 32.8 Å². The van der Waals surface area contributed by atoms with Crippen LogP contribution in [0, 0.1) is 11.6 Å². The van der Waals surface area contributed by atoms with Crippen molar-refractivity contribution in [2.75, 3.05) is 14.1 Å². The van der Waals surface area contributed by atoms with Crippen LogP contribution in [0.15, 0.2) is 47.4 Å². The monoisotopic (exact) mass is 369 g/mol. The fraction of sp³-hybridized carbons (Fsp3) is 0.235. The van der Waals surface area contributed by atoms with Crippen molar-refractivity contribution in [3.8, 4) is 0 Å². The van der Waals surface area contributed by atoms with E-state index in [1.54, 1.807) is 0 Å². The summed E-state index contributed by atoms with van der Waals surface area (Å²) in [5, 5.41) is 0. The molecule has 0 spiro atoms. The Morgan fingerprint density at radius 3 is 2.40 bits per heavy atom. The molecule has 134 valence electrons. The zero-order valence-corrected chi connectivity index (χ0v) is 14.7. The molecule has 0 aliphatic rings. The third-order valence-corrected chi connectivity index (χ3v) is 5.34. The second-order valence-corrected chi connectivity index (χ2v) is 7.68. The lowest BCUT2D eigenvalue weighted by molar-refractivity contribution is 0.0331. The Balaban J connectivity index is 2.24. The fourth-order valence-corrected chi connectivity index (χ4v) is 3.07. The summed E-state index contributed by atoms with van der Waals surface area (Å²) in [4.78, 5) is 12.2. The number of hydrogen-bond donors (Lipinski definition) is 0. The minimum absolute atomic E-state index is 0.0114. The zero-order chi connectivity index (χ0) is 18.8. The van der Waals surface area contributed by atoms with Gasteiger partial charge in [0.1, 0.15) is 17.7 Å². The number of carbonyl (C=O) groups is 1. The summed E-state index contributed by atoms with van der Waals surface area (Å²) in [5.41, 5.74) is 0.0316. The SMILES string of the molecule is CC(OC(=O)c1cccc(S(=O)(=O)N(C)C)c1)c1ccc(F)cc1F. The summed E-state index contributed by atoms with van der Waals surface area (Å²) in [5.74, 6) is -2.38. The molecule has 0 aromatic heterocycles. The normalized spacial score (nSPS) is 12.9. The van der Waals surface area contributed by atoms with Crippen LogP contribution >= 0.6 is 0 Å². The summed E-state index contributed by atoms with van der Waals surface area (Å²) in [7, 11) is -0.952. The average molecular weight is 369 g/mol. The number of hydrogen-bond acceptors (Lipinski definition) is 4. The largest absolute Gasteiger partial charge is 0.454 e. The average Bonchev–Trinajstić information content (AvgIpc) is 2.54. The summed E-state index contributed by atoms with van der Waals surface area (Å²) < 4.78 is 57.1. The second-order valence-electron chi connectivity index (χ2n) is 5.53. The van der Waals surface area contributed by atoms with Crippen molar-refractivity contribution in [1.29, 1.82) is 0 Å². The topological polar surface area (TPSA) is 63.7 Å². The molecule has 0 aliphatic carbocycles. The van der Waals surface area contributed by atoms with Gasteiger partial charge in [0.25, 0.3) is 0 Å². The van der Waals surface area contributed by atoms with Gasteiger partial charge < -0.3 is 4.74 Å². The third-order valence-electron chi connectivity index (χ3n) is 3.53. The molecule has 0 saturated carbocycles. The van der Waals surface area contributed by atoms with Gasteiger partial charge in [-0.3, -0.25) is 0 Å². The molecule has 0 aliphatic heterocycles. The third kappa shape index (κ3) is 4.21. The molecule has 0 saturated heterocycles. The Morgan fingerprint density at radius 1 is 1.12 bits per heavy atom. The maximum Gasteiger partial charge on any atom is 0.338 e. The first-order valence-corrected chi connectivity index (χ1v) is 8.75. The van der Waals surface area contributed by atoms with Crippen molar-refractivity contribution in [2.24, 2.45) is 0 Å². The number of halogens is 2. The molecule has 0 heterocycles. The van der Waals surface area contributed by atoms with Gasteiger partial charge in [0.2, 0.25) is 10.0 Å². The summed E-state index contributed by atoms with van der Waals surface area (Å²) >= 11 is 0. The van der Waals surface area contributed by atoms with Crippen LogP contribution in [-0.2, 0) is 14.8 Å². The highest BCUT2D eigenvalue weighted by Crippen LogP contribution is 2.23. The predicted molar refractivity (Wildman–Crippen MR) is 87.5 cm³/mol. The molecule has 0 amide bonds. The molecular weight excluding hydrogens is 352 g/mol. The van der Waals surface area contributed by atoms with E-state index in [-0.39, 0.29) is 16.0 Å². The first-order chi connectivity index (χ1) is 11.6. The van der Waals surface area contributed by atoms with Gasteiger partial charge in [0.05, 0.1) is 10.5 Å². The molecule has 8 heteroatoms. The quantitative estimate of drug-likeness (QED) is 0.760. The Labute approximate surface area is 144 Å². The van der Waals surface area contributed by atoms with E-state index in [4.69, 9.17) is 4.74 Å². The molecule has 0 N–H and O–H groups in total. The highest BCUT2D eigenvalue weighted by molar-refractivity contribution is 7.89. The van der Waals surface area contributed by atoms with Gasteiger partial charge in [-0.15, -0.1) is 0 Å². The Kier molecular flexibility index (Phi) is 5.54. The first-order valence-electron chi connectivity index (χ1n) is 7.31. The van der Waals surface area contributed by atoms with E-state index < -0.39 is 33.7 Å². The van der Waals surface area contributed by atoms with Gasteiger partial charge in [0.15, 0.2) is 0 Å². The first kappa shape index (κ1) is 19.0. The van der Waals surface area contributed by atoms with Crippen molar-refractivity contribution in [3.05, 3.63) is 65.2 Å². The number of esters is 1. The molecule has 0 bridgehead atoms. The van der Waals surface area contributed by atoms with Crippen LogP contribution in [0.5, 0.6) is 0 Å². The van der Waals surface area contributed by atoms with Gasteiger partial charge in [-0.1, -0.05) is 6.07 Å². The van der Waals surface area contributed by atoms with Crippen molar-refractivity contribution in [2.45, 2.75) is 17.9 Å². The molecule has 5 nitrogen and oxygen atoms in total. The fourth-order valence-electron chi connectivity index (χ4n) is 2.12. The lowest BCUT2D eigenvalue weighted by atomic mass is 10.1. The van der Waals surface area contributed by atoms with Crippen LogP contribution in [0.2, 0.25) is 0 Å². The van der Waals surface area contributed by atoms with E-state index >= 15 is 0 Å². The summed E-state index contributed by atoms with van der Waals surface area (Å²) in [6.45, 7) is 1.44. The van der Waals surface area contributed by atoms with Crippen molar-refractivity contribution >= 4 is 16.0 Å². The number of benzene rings is 2. The van der Waals surface area contributed by atoms with E-state index in [0.29, 0.717) is 6.07 Å². The lowest BCUT2D eigenvalue weighted by Gasteiger charge is -2.15. The van der Waals surface area contributed by atoms with Gasteiger partial charge in [-0.2, -0.15) is 0 Å². The molecule has 2 aromatic carbocycles. The molecular formula is C17H17F2NO4S. The van der Waals surface area contributed by atoms with Gasteiger partial charge in [-0.25, -0.2) is 26.3 Å². The molecule has 0 radical (unpaired) electrons. The van der Waals surface area contributed by atoms with E-state index in [1.165, 1.54) is 51.4 Å². The lowest BCUT2D eigenvalue weighted by Crippen LogP contribution is -2.22. The van der Waals surface area contributed by atoms with Crippen LogP contribution < -0.4 is 0 Å². The van der Waals surface area contributed by atoms with Gasteiger partial charge in [-0.05, 0) is 37.3 Å². The molecule has 1 atom stereocenters. The highest BCUT2D eigenvalue weighted by Gasteiger charge is 2.21. The van der Waals surface area contributed by atoms with Crippen molar-refractivity contribution in [3.63, 3.8) is 0 Å². The van der Waals surface area contributed by atoms with Gasteiger partial charge >= 0.3 is 5.97 Å². The van der Waals surface area contributed by atoms with E-state index in [2.05, 4.69) is 0 Å². The smallest absolute Gasteiger partial charge is 0.338 e. The van der Waals surface area contributed by atoms with Crippen molar-refractivity contribution in [1.82, 2.24) is 4.31 Å². The number of ether oxygens (including phenoxy) is 1. The summed E-state index contributed by atoms with van der Waals surface area (Å²) in [6.07, 6.45) is -0.970. The predicted octanol–water partition coefficient (Wildman–Crippen LogP) is 3.13. The maximum absolute atomic E-state index is 13.7. The van der Waals surface area contributed by atoms with Gasteiger partial charge in [0, 0.05) is 25.7 Å². The second kappa shape index (κ2) is 7.28. The molecule has 0 fully saturated rings. The van der Waals surface area contributed by atoms with Crippen LogP contribution in [0.1, 0.15) is 28.9 Å². The zero-order valence-electron chi connectivity index (χ0n) is 13.9. The maximum atomic E-state index is 13.7. The number of nitrogens with zero attached hydrogens (tertiary/aromatic N) is 1. The van der Waals surface area contributed by atoms with E-state index in [9.17, 15) is 22.0 Å². The van der Waals surface area contributed by atoms with Crippen LogP contribution in [0.4, 0.5) is 8.78 Å². The van der Waals surface area contributed by atoms with Crippen LogP contribution in [0.3, 0.4) is 0 Å². The van der Waals surface area contributed by atoms with Crippen LogP contribution in [0.25, 0.3) is 0 Å². The molecule has 25 heavy (non-hydrogen) atoms.